The molecule has 0 radical (unpaired) electrons. The van der Waals surface area contributed by atoms with Gasteiger partial charge in [0.1, 0.15) is 0 Å². The van der Waals surface area contributed by atoms with Gasteiger partial charge >= 0.3 is 0 Å². The Morgan fingerprint density at radius 1 is 1.00 bits per heavy atom. The van der Waals surface area contributed by atoms with Gasteiger partial charge in [0.15, 0.2) is 0 Å². The van der Waals surface area contributed by atoms with E-state index >= 15 is 0 Å². The third-order valence-corrected chi connectivity index (χ3v) is 1.55. The molecule has 0 aliphatic rings. The Morgan fingerprint density at radius 2 is 1.60 bits per heavy atom. The molecule has 0 aliphatic carbocycles. The highest BCUT2D eigenvalue weighted by Crippen LogP contribution is 2.01. The first-order chi connectivity index (χ1) is 4.91. The van der Waals surface area contributed by atoms with Crippen LogP contribution >= 0.6 is 0 Å². The fourth-order valence-electron chi connectivity index (χ4n) is 0.921. The molecule has 0 aromatic heterocycles. The van der Waals surface area contributed by atoms with Crippen molar-refractivity contribution in [3.8, 4) is 0 Å². The predicted molar refractivity (Wildman–Crippen MR) is 44.0 cm³/mol. The van der Waals surface area contributed by atoms with E-state index in [4.69, 9.17) is 10.5 Å². The molecule has 62 valence electrons. The summed E-state index contributed by atoms with van der Waals surface area (Å²) in [6.45, 7) is 1.74. The quantitative estimate of drug-likeness (QED) is 0.551. The molecular weight excluding hydrogens is 126 g/mol. The lowest BCUT2D eigenvalue weighted by atomic mass is 10.1. The molecule has 0 aromatic rings. The number of nitrogens with two attached hydrogens (primary N) is 1. The maximum Gasteiger partial charge on any atom is 0.0462 e. The number of hydrogen-bond acceptors (Lipinski definition) is 2. The van der Waals surface area contributed by atoms with Crippen molar-refractivity contribution in [2.24, 2.45) is 5.73 Å². The molecule has 0 unspecified atom stereocenters. The summed E-state index contributed by atoms with van der Waals surface area (Å²) >= 11 is 0. The molecule has 0 saturated heterocycles. The van der Waals surface area contributed by atoms with Gasteiger partial charge < -0.3 is 10.5 Å². The molecule has 0 rings (SSSR count). The molecule has 0 amide bonds. The van der Waals surface area contributed by atoms with Gasteiger partial charge in [-0.3, -0.25) is 0 Å². The Morgan fingerprint density at radius 3 is 2.20 bits per heavy atom. The zero-order chi connectivity index (χ0) is 7.66. The fraction of sp³-hybridized carbons (Fsp3) is 1.00. The van der Waals surface area contributed by atoms with Crippen LogP contribution in [0.4, 0.5) is 0 Å². The van der Waals surface area contributed by atoms with E-state index in [0.29, 0.717) is 0 Å². The topological polar surface area (TPSA) is 35.2 Å². The minimum absolute atomic E-state index is 0.838. The summed E-state index contributed by atoms with van der Waals surface area (Å²) in [7, 11) is 1.75. The standard InChI is InChI=1S/C8H19NO/c1-10-8-6-4-2-3-5-7-9/h2-9H2,1H3. The molecule has 10 heavy (non-hydrogen) atoms. The van der Waals surface area contributed by atoms with Gasteiger partial charge in [-0.05, 0) is 19.4 Å². The normalized spacial score (nSPS) is 10.2. The molecular formula is C8H19NO. The zero-order valence-corrected chi connectivity index (χ0v) is 6.94. The summed E-state index contributed by atoms with van der Waals surface area (Å²) in [5.74, 6) is 0. The Bertz CT molecular complexity index is 49.2. The SMILES string of the molecule is COCCCCCCCN. The Balaban J connectivity index is 2.65. The van der Waals surface area contributed by atoms with Gasteiger partial charge in [-0.2, -0.15) is 0 Å². The molecule has 0 atom stereocenters. The minimum atomic E-state index is 0.838. The van der Waals surface area contributed by atoms with Gasteiger partial charge in [0.05, 0.1) is 0 Å². The van der Waals surface area contributed by atoms with Crippen molar-refractivity contribution < 1.29 is 4.74 Å². The van der Waals surface area contributed by atoms with Crippen LogP contribution in [-0.2, 0) is 4.74 Å². The minimum Gasteiger partial charge on any atom is -0.385 e. The second-order valence-corrected chi connectivity index (χ2v) is 2.55. The fourth-order valence-corrected chi connectivity index (χ4v) is 0.921. The van der Waals surface area contributed by atoms with Crippen LogP contribution in [0.5, 0.6) is 0 Å². The highest BCUT2D eigenvalue weighted by atomic mass is 16.5. The van der Waals surface area contributed by atoms with Gasteiger partial charge in [0.2, 0.25) is 0 Å². The van der Waals surface area contributed by atoms with Crippen LogP contribution in [0.3, 0.4) is 0 Å². The number of rotatable bonds is 7. The molecule has 2 heteroatoms. The Hall–Kier alpha value is -0.0800. The molecule has 0 heterocycles. The number of methoxy groups -OCH3 is 1. The van der Waals surface area contributed by atoms with Gasteiger partial charge in [0, 0.05) is 13.7 Å². The summed E-state index contributed by atoms with van der Waals surface area (Å²) in [5, 5.41) is 0. The number of unbranched alkanes of at least 4 members (excludes halogenated alkanes) is 4. The zero-order valence-electron chi connectivity index (χ0n) is 6.94. The molecule has 0 bridgehead atoms. The summed E-state index contributed by atoms with van der Waals surface area (Å²) in [6, 6.07) is 0. The van der Waals surface area contributed by atoms with Gasteiger partial charge in [0.25, 0.3) is 0 Å². The summed E-state index contributed by atoms with van der Waals surface area (Å²) in [4.78, 5) is 0. The Kier molecular flexibility index (Phi) is 8.85. The van der Waals surface area contributed by atoms with E-state index < -0.39 is 0 Å². The third kappa shape index (κ3) is 7.92. The van der Waals surface area contributed by atoms with E-state index in [2.05, 4.69) is 0 Å². The maximum atomic E-state index is 5.34. The molecule has 0 aromatic carbocycles. The van der Waals surface area contributed by atoms with E-state index in [1.54, 1.807) is 7.11 Å². The average molecular weight is 145 g/mol. The molecule has 2 N–H and O–H groups in total. The van der Waals surface area contributed by atoms with Crippen LogP contribution in [0.15, 0.2) is 0 Å². The van der Waals surface area contributed by atoms with Crippen molar-refractivity contribution in [2.45, 2.75) is 32.1 Å². The summed E-state index contributed by atoms with van der Waals surface area (Å²) in [6.07, 6.45) is 6.24. The Labute approximate surface area is 63.7 Å². The van der Waals surface area contributed by atoms with Gasteiger partial charge in [-0.15, -0.1) is 0 Å². The average Bonchev–Trinajstić information content (AvgIpc) is 1.97. The third-order valence-electron chi connectivity index (χ3n) is 1.55. The van der Waals surface area contributed by atoms with Crippen molar-refractivity contribution in [2.75, 3.05) is 20.3 Å². The van der Waals surface area contributed by atoms with E-state index in [0.717, 1.165) is 13.2 Å². The van der Waals surface area contributed by atoms with Crippen LogP contribution in [0.1, 0.15) is 32.1 Å². The molecule has 0 fully saturated rings. The van der Waals surface area contributed by atoms with Crippen LogP contribution in [0.25, 0.3) is 0 Å². The van der Waals surface area contributed by atoms with Crippen LogP contribution in [0.2, 0.25) is 0 Å². The molecule has 0 aliphatic heterocycles. The molecule has 0 saturated carbocycles. The maximum absolute atomic E-state index is 5.34. The van der Waals surface area contributed by atoms with E-state index in [-0.39, 0.29) is 0 Å². The molecule has 2 nitrogen and oxygen atoms in total. The lowest BCUT2D eigenvalue weighted by Crippen LogP contribution is -1.97. The molecule has 0 spiro atoms. The number of ether oxygens (including phenoxy) is 1. The predicted octanol–water partition coefficient (Wildman–Crippen LogP) is 1.54. The van der Waals surface area contributed by atoms with Crippen molar-refractivity contribution in [1.29, 1.82) is 0 Å². The highest BCUT2D eigenvalue weighted by Gasteiger charge is 1.87. The van der Waals surface area contributed by atoms with Crippen LogP contribution in [-0.4, -0.2) is 20.3 Å². The lowest BCUT2D eigenvalue weighted by molar-refractivity contribution is 0.192. The first-order valence-corrected chi connectivity index (χ1v) is 4.11. The van der Waals surface area contributed by atoms with Crippen molar-refractivity contribution in [3.05, 3.63) is 0 Å². The first kappa shape index (κ1) is 9.92. The largest absolute Gasteiger partial charge is 0.385 e. The lowest BCUT2D eigenvalue weighted by Gasteiger charge is -1.98. The summed E-state index contributed by atoms with van der Waals surface area (Å²) < 4.78 is 4.92. The highest BCUT2D eigenvalue weighted by molar-refractivity contribution is 4.43. The van der Waals surface area contributed by atoms with Gasteiger partial charge in [-0.1, -0.05) is 19.3 Å². The van der Waals surface area contributed by atoms with Crippen molar-refractivity contribution in [3.63, 3.8) is 0 Å². The van der Waals surface area contributed by atoms with E-state index in [1.165, 1.54) is 32.1 Å². The van der Waals surface area contributed by atoms with Crippen molar-refractivity contribution in [1.82, 2.24) is 0 Å². The van der Waals surface area contributed by atoms with Crippen LogP contribution in [0, 0.1) is 0 Å². The van der Waals surface area contributed by atoms with Crippen LogP contribution < -0.4 is 5.73 Å². The van der Waals surface area contributed by atoms with E-state index in [9.17, 15) is 0 Å². The first-order valence-electron chi connectivity index (χ1n) is 4.11. The van der Waals surface area contributed by atoms with E-state index in [1.807, 2.05) is 0 Å². The second kappa shape index (κ2) is 8.92. The smallest absolute Gasteiger partial charge is 0.0462 e. The van der Waals surface area contributed by atoms with Crippen molar-refractivity contribution >= 4 is 0 Å². The second-order valence-electron chi connectivity index (χ2n) is 2.55. The van der Waals surface area contributed by atoms with Gasteiger partial charge in [-0.25, -0.2) is 0 Å². The summed E-state index contributed by atoms with van der Waals surface area (Å²) in [5.41, 5.74) is 5.34. The number of hydrogen-bond donors (Lipinski definition) is 1. The monoisotopic (exact) mass is 145 g/mol.